The number of nitrogens with zero attached hydrogens (tertiary/aromatic N) is 2. The van der Waals surface area contributed by atoms with Crippen molar-refractivity contribution in [3.63, 3.8) is 0 Å². The van der Waals surface area contributed by atoms with E-state index in [0.717, 1.165) is 5.57 Å². The van der Waals surface area contributed by atoms with Crippen molar-refractivity contribution in [3.8, 4) is 22.9 Å². The van der Waals surface area contributed by atoms with Gasteiger partial charge in [0.1, 0.15) is 6.61 Å². The Kier molecular flexibility index (Phi) is 6.63. The molecule has 1 atom stereocenters. The topological polar surface area (TPSA) is 113 Å². The second-order valence-electron chi connectivity index (χ2n) is 6.80. The number of hydrogen-bond donors (Lipinski definition) is 2. The Morgan fingerprint density at radius 3 is 2.64 bits per heavy atom. The van der Waals surface area contributed by atoms with E-state index in [4.69, 9.17) is 20.9 Å². The number of carbonyl (C=O) groups is 1. The van der Waals surface area contributed by atoms with Crippen molar-refractivity contribution in [3.05, 3.63) is 48.3 Å². The molecule has 150 valence electrons. The van der Waals surface area contributed by atoms with Gasteiger partial charge in [-0.3, -0.25) is 0 Å². The number of ether oxygens (including phenoxy) is 2. The molecule has 9 heteroatoms. The van der Waals surface area contributed by atoms with E-state index in [1.165, 1.54) is 24.5 Å². The van der Waals surface area contributed by atoms with Gasteiger partial charge in [0.05, 0.1) is 11.1 Å². The normalized spacial score (nSPS) is 13.1. The molecule has 0 aliphatic rings. The average molecular weight is 392 g/mol. The maximum absolute atomic E-state index is 13.5. The van der Waals surface area contributed by atoms with Crippen LogP contribution in [0.25, 0.3) is 11.1 Å². The summed E-state index contributed by atoms with van der Waals surface area (Å²) in [6.07, 6.45) is -0.626. The SMILES string of the molecule is C=C(C)CC(C)(N)COc1ncc(-c2ccnc(OC(N)=O)c2)cc1C(F)F. The lowest BCUT2D eigenvalue weighted by atomic mass is 9.96. The molecule has 0 aromatic carbocycles. The van der Waals surface area contributed by atoms with Crippen molar-refractivity contribution in [2.24, 2.45) is 11.5 Å². The molecule has 0 radical (unpaired) electrons. The number of hydrogen-bond acceptors (Lipinski definition) is 6. The summed E-state index contributed by atoms with van der Waals surface area (Å²) in [7, 11) is 0. The molecule has 0 saturated heterocycles. The first-order chi connectivity index (χ1) is 13.1. The Bertz CT molecular complexity index is 872. The average Bonchev–Trinajstić information content (AvgIpc) is 2.58. The molecule has 28 heavy (non-hydrogen) atoms. The summed E-state index contributed by atoms with van der Waals surface area (Å²) in [5.41, 5.74) is 11.6. The number of amides is 1. The van der Waals surface area contributed by atoms with Crippen molar-refractivity contribution in [1.82, 2.24) is 9.97 Å². The van der Waals surface area contributed by atoms with Crippen molar-refractivity contribution in [1.29, 1.82) is 0 Å². The maximum Gasteiger partial charge on any atom is 0.411 e. The fourth-order valence-corrected chi connectivity index (χ4v) is 2.63. The molecule has 2 aromatic rings. The Morgan fingerprint density at radius 2 is 2.04 bits per heavy atom. The van der Waals surface area contributed by atoms with Crippen LogP contribution in [0.4, 0.5) is 13.6 Å². The van der Waals surface area contributed by atoms with Crippen LogP contribution in [-0.2, 0) is 0 Å². The minimum Gasteiger partial charge on any atom is -0.475 e. The number of carbonyl (C=O) groups excluding carboxylic acids is 1. The summed E-state index contributed by atoms with van der Waals surface area (Å²) in [6, 6.07) is 4.20. The summed E-state index contributed by atoms with van der Waals surface area (Å²) in [5.74, 6) is -0.248. The smallest absolute Gasteiger partial charge is 0.411 e. The minimum atomic E-state index is -2.81. The zero-order chi connectivity index (χ0) is 20.9. The van der Waals surface area contributed by atoms with Crippen LogP contribution in [0.3, 0.4) is 0 Å². The second-order valence-corrected chi connectivity index (χ2v) is 6.80. The first-order valence-corrected chi connectivity index (χ1v) is 8.35. The van der Waals surface area contributed by atoms with E-state index in [1.54, 1.807) is 13.0 Å². The van der Waals surface area contributed by atoms with Crippen LogP contribution < -0.4 is 20.9 Å². The largest absolute Gasteiger partial charge is 0.475 e. The fourth-order valence-electron chi connectivity index (χ4n) is 2.63. The highest BCUT2D eigenvalue weighted by Crippen LogP contribution is 2.32. The van der Waals surface area contributed by atoms with Gasteiger partial charge in [-0.05, 0) is 38.0 Å². The van der Waals surface area contributed by atoms with E-state index in [0.29, 0.717) is 17.5 Å². The molecular formula is C19H22F2N4O3. The molecule has 2 rings (SSSR count). The van der Waals surface area contributed by atoms with Crippen LogP contribution in [0.5, 0.6) is 11.8 Å². The van der Waals surface area contributed by atoms with Gasteiger partial charge in [0, 0.05) is 24.0 Å². The second kappa shape index (κ2) is 8.75. The van der Waals surface area contributed by atoms with E-state index in [2.05, 4.69) is 16.5 Å². The van der Waals surface area contributed by atoms with Gasteiger partial charge < -0.3 is 20.9 Å². The van der Waals surface area contributed by atoms with Gasteiger partial charge in [-0.25, -0.2) is 23.5 Å². The molecule has 0 fully saturated rings. The predicted octanol–water partition coefficient (Wildman–Crippen LogP) is 3.60. The third-order valence-electron chi connectivity index (χ3n) is 3.63. The van der Waals surface area contributed by atoms with Gasteiger partial charge in [-0.15, -0.1) is 6.58 Å². The van der Waals surface area contributed by atoms with Gasteiger partial charge in [-0.2, -0.15) is 0 Å². The number of alkyl halides is 2. The van der Waals surface area contributed by atoms with Crippen LogP contribution in [0.15, 0.2) is 42.7 Å². The summed E-state index contributed by atoms with van der Waals surface area (Å²) in [5, 5.41) is 0. The Labute approximate surface area is 161 Å². The van der Waals surface area contributed by atoms with Crippen molar-refractivity contribution >= 4 is 6.09 Å². The van der Waals surface area contributed by atoms with E-state index in [1.807, 2.05) is 6.92 Å². The third-order valence-corrected chi connectivity index (χ3v) is 3.63. The Hall–Kier alpha value is -3.07. The van der Waals surface area contributed by atoms with Crippen LogP contribution in [-0.4, -0.2) is 28.2 Å². The molecule has 0 bridgehead atoms. The zero-order valence-corrected chi connectivity index (χ0v) is 15.6. The highest BCUT2D eigenvalue weighted by Gasteiger charge is 2.23. The number of halogens is 2. The van der Waals surface area contributed by atoms with Crippen LogP contribution in [0.2, 0.25) is 0 Å². The van der Waals surface area contributed by atoms with Gasteiger partial charge in [0.2, 0.25) is 11.8 Å². The lowest BCUT2D eigenvalue weighted by Crippen LogP contribution is -2.42. The summed E-state index contributed by atoms with van der Waals surface area (Å²) in [4.78, 5) is 18.7. The first kappa shape index (κ1) is 21.2. The number of rotatable bonds is 8. The molecule has 4 N–H and O–H groups in total. The number of pyridine rings is 2. The number of aromatic nitrogens is 2. The molecule has 0 saturated carbocycles. The van der Waals surface area contributed by atoms with Crippen molar-refractivity contribution in [2.75, 3.05) is 6.61 Å². The summed E-state index contributed by atoms with van der Waals surface area (Å²) in [6.45, 7) is 7.37. The maximum atomic E-state index is 13.5. The third kappa shape index (κ3) is 5.98. The van der Waals surface area contributed by atoms with Crippen LogP contribution in [0, 0.1) is 0 Å². The Morgan fingerprint density at radius 1 is 1.32 bits per heavy atom. The molecular weight excluding hydrogens is 370 g/mol. The molecule has 1 unspecified atom stereocenters. The standard InChI is InChI=1S/C19H22F2N4O3/c1-11(2)8-19(3,23)10-27-17-14(16(20)21)6-13(9-25-17)12-4-5-24-15(7-12)28-18(22)26/h4-7,9,16H,1,8,10,23H2,2-3H3,(H2,22,26). The molecule has 7 nitrogen and oxygen atoms in total. The minimum absolute atomic E-state index is 0.00220. The highest BCUT2D eigenvalue weighted by molar-refractivity contribution is 5.69. The predicted molar refractivity (Wildman–Crippen MR) is 100 cm³/mol. The lowest BCUT2D eigenvalue weighted by molar-refractivity contribution is 0.139. The quantitative estimate of drug-likeness (QED) is 0.664. The van der Waals surface area contributed by atoms with E-state index in [9.17, 15) is 13.6 Å². The van der Waals surface area contributed by atoms with E-state index < -0.39 is 18.1 Å². The van der Waals surface area contributed by atoms with Crippen LogP contribution >= 0.6 is 0 Å². The van der Waals surface area contributed by atoms with Gasteiger partial charge >= 0.3 is 6.09 Å². The monoisotopic (exact) mass is 392 g/mol. The molecule has 0 spiro atoms. The molecule has 0 aliphatic heterocycles. The number of nitrogens with two attached hydrogens (primary N) is 2. The van der Waals surface area contributed by atoms with E-state index in [-0.39, 0.29) is 23.9 Å². The van der Waals surface area contributed by atoms with Gasteiger partial charge in [0.25, 0.3) is 6.43 Å². The van der Waals surface area contributed by atoms with Gasteiger partial charge in [0.15, 0.2) is 0 Å². The Balaban J connectivity index is 2.28. The van der Waals surface area contributed by atoms with Crippen molar-refractivity contribution < 1.29 is 23.0 Å². The molecule has 2 heterocycles. The first-order valence-electron chi connectivity index (χ1n) is 8.35. The summed E-state index contributed by atoms with van der Waals surface area (Å²) >= 11 is 0. The lowest BCUT2D eigenvalue weighted by Gasteiger charge is -2.25. The fraction of sp³-hybridized carbons (Fsp3) is 0.316. The van der Waals surface area contributed by atoms with Gasteiger partial charge in [-0.1, -0.05) is 5.57 Å². The summed E-state index contributed by atoms with van der Waals surface area (Å²) < 4.78 is 37.3. The zero-order valence-electron chi connectivity index (χ0n) is 15.6. The highest BCUT2D eigenvalue weighted by atomic mass is 19.3. The van der Waals surface area contributed by atoms with E-state index >= 15 is 0 Å². The molecule has 1 amide bonds. The van der Waals surface area contributed by atoms with Crippen LogP contribution in [0.1, 0.15) is 32.3 Å². The molecule has 2 aromatic heterocycles. The molecule has 0 aliphatic carbocycles. The van der Waals surface area contributed by atoms with Crippen molar-refractivity contribution in [2.45, 2.75) is 32.2 Å². The number of primary amides is 1.